The van der Waals surface area contributed by atoms with E-state index in [9.17, 15) is 0 Å². The van der Waals surface area contributed by atoms with Gasteiger partial charge in [0.15, 0.2) is 0 Å². The van der Waals surface area contributed by atoms with Gasteiger partial charge >= 0.3 is 0 Å². The lowest BCUT2D eigenvalue weighted by Crippen LogP contribution is -2.34. The van der Waals surface area contributed by atoms with E-state index >= 15 is 0 Å². The maximum absolute atomic E-state index is 5.51. The quantitative estimate of drug-likeness (QED) is 0.875. The summed E-state index contributed by atoms with van der Waals surface area (Å²) in [6.07, 6.45) is 0. The summed E-state index contributed by atoms with van der Waals surface area (Å²) in [7, 11) is 0. The van der Waals surface area contributed by atoms with Crippen LogP contribution >= 0.6 is 0 Å². The molecule has 0 aliphatic heterocycles. The molecule has 20 heavy (non-hydrogen) atoms. The van der Waals surface area contributed by atoms with Gasteiger partial charge in [-0.15, -0.1) is 0 Å². The predicted octanol–water partition coefficient (Wildman–Crippen LogP) is 3.47. The van der Waals surface area contributed by atoms with Gasteiger partial charge in [-0.05, 0) is 19.4 Å². The first-order valence-corrected chi connectivity index (χ1v) is 7.25. The van der Waals surface area contributed by atoms with Crippen molar-refractivity contribution in [2.24, 2.45) is 5.92 Å². The van der Waals surface area contributed by atoms with E-state index in [1.54, 1.807) is 0 Å². The van der Waals surface area contributed by atoms with Crippen molar-refractivity contribution in [3.8, 4) is 11.4 Å². The van der Waals surface area contributed by atoms with Crippen molar-refractivity contribution in [2.45, 2.75) is 39.7 Å². The smallest absolute Gasteiger partial charge is 0.231 e. The molecule has 4 heteroatoms. The zero-order chi connectivity index (χ0) is 14.5. The van der Waals surface area contributed by atoms with Gasteiger partial charge in [0.05, 0.1) is 5.92 Å². The normalized spacial score (nSPS) is 14.4. The molecule has 108 valence electrons. The Morgan fingerprint density at radius 1 is 1.15 bits per heavy atom. The Morgan fingerprint density at radius 3 is 2.45 bits per heavy atom. The fourth-order valence-electron chi connectivity index (χ4n) is 2.60. The summed E-state index contributed by atoms with van der Waals surface area (Å²) in [5.41, 5.74) is 0.987. The van der Waals surface area contributed by atoms with E-state index < -0.39 is 0 Å². The summed E-state index contributed by atoms with van der Waals surface area (Å²) in [6.45, 7) is 9.58. The highest BCUT2D eigenvalue weighted by Gasteiger charge is 2.28. The van der Waals surface area contributed by atoms with Crippen LogP contribution in [0.4, 0.5) is 0 Å². The standard InChI is InChI=1S/C16H23N3O/c1-5-17-12(4)14(11(2)3)16-18-15(19-20-16)13-9-7-6-8-10-13/h6-12,14,17H,5H2,1-4H3. The Labute approximate surface area is 120 Å². The molecule has 1 aromatic heterocycles. The van der Waals surface area contributed by atoms with Crippen molar-refractivity contribution >= 4 is 0 Å². The third-order valence-electron chi connectivity index (χ3n) is 3.54. The zero-order valence-corrected chi connectivity index (χ0v) is 12.6. The second kappa shape index (κ2) is 6.66. The van der Waals surface area contributed by atoms with Crippen LogP contribution in [0.5, 0.6) is 0 Å². The summed E-state index contributed by atoms with van der Waals surface area (Å²) in [5, 5.41) is 7.57. The van der Waals surface area contributed by atoms with Crippen LogP contribution in [0.15, 0.2) is 34.9 Å². The minimum atomic E-state index is 0.222. The third-order valence-corrected chi connectivity index (χ3v) is 3.54. The summed E-state index contributed by atoms with van der Waals surface area (Å²) >= 11 is 0. The van der Waals surface area contributed by atoms with Crippen molar-refractivity contribution in [3.63, 3.8) is 0 Å². The minimum absolute atomic E-state index is 0.222. The van der Waals surface area contributed by atoms with Crippen LogP contribution in [-0.4, -0.2) is 22.7 Å². The molecule has 4 nitrogen and oxygen atoms in total. The molecule has 0 saturated heterocycles. The Morgan fingerprint density at radius 2 is 1.85 bits per heavy atom. The lowest BCUT2D eigenvalue weighted by molar-refractivity contribution is 0.281. The molecule has 0 aliphatic rings. The highest BCUT2D eigenvalue weighted by molar-refractivity contribution is 5.53. The van der Waals surface area contributed by atoms with Gasteiger partial charge in [0, 0.05) is 11.6 Å². The van der Waals surface area contributed by atoms with Crippen molar-refractivity contribution in [2.75, 3.05) is 6.54 Å². The van der Waals surface area contributed by atoms with Gasteiger partial charge in [0.25, 0.3) is 0 Å². The highest BCUT2D eigenvalue weighted by Crippen LogP contribution is 2.28. The lowest BCUT2D eigenvalue weighted by Gasteiger charge is -2.24. The molecule has 2 rings (SSSR count). The van der Waals surface area contributed by atoms with Crippen LogP contribution in [0, 0.1) is 5.92 Å². The van der Waals surface area contributed by atoms with Crippen LogP contribution in [-0.2, 0) is 0 Å². The van der Waals surface area contributed by atoms with E-state index in [0.29, 0.717) is 23.7 Å². The fraction of sp³-hybridized carbons (Fsp3) is 0.500. The summed E-state index contributed by atoms with van der Waals surface area (Å²) < 4.78 is 5.51. The molecule has 0 aliphatic carbocycles. The van der Waals surface area contributed by atoms with E-state index in [-0.39, 0.29) is 5.92 Å². The molecule has 2 aromatic rings. The van der Waals surface area contributed by atoms with E-state index in [1.165, 1.54) is 0 Å². The maximum atomic E-state index is 5.51. The Hall–Kier alpha value is -1.68. The average Bonchev–Trinajstić information content (AvgIpc) is 2.89. The van der Waals surface area contributed by atoms with Crippen LogP contribution < -0.4 is 5.32 Å². The van der Waals surface area contributed by atoms with Gasteiger partial charge < -0.3 is 9.84 Å². The first-order chi connectivity index (χ1) is 9.63. The lowest BCUT2D eigenvalue weighted by atomic mass is 9.89. The molecule has 2 atom stereocenters. The van der Waals surface area contributed by atoms with E-state index in [1.807, 2.05) is 30.3 Å². The highest BCUT2D eigenvalue weighted by atomic mass is 16.5. The number of nitrogens with one attached hydrogen (secondary N) is 1. The SMILES string of the molecule is CCNC(C)C(c1nc(-c2ccccc2)no1)C(C)C. The third kappa shape index (κ3) is 3.25. The van der Waals surface area contributed by atoms with Crippen molar-refractivity contribution in [1.82, 2.24) is 15.5 Å². The molecule has 0 saturated carbocycles. The summed E-state index contributed by atoms with van der Waals surface area (Å²) in [4.78, 5) is 4.59. The van der Waals surface area contributed by atoms with Crippen molar-refractivity contribution in [3.05, 3.63) is 36.2 Å². The van der Waals surface area contributed by atoms with Crippen LogP contribution in [0.1, 0.15) is 39.5 Å². The van der Waals surface area contributed by atoms with Crippen LogP contribution in [0.2, 0.25) is 0 Å². The Kier molecular flexibility index (Phi) is 4.90. The topological polar surface area (TPSA) is 51.0 Å². The maximum Gasteiger partial charge on any atom is 0.231 e. The molecule has 2 unspecified atom stereocenters. The van der Waals surface area contributed by atoms with Crippen LogP contribution in [0.3, 0.4) is 0 Å². The second-order valence-electron chi connectivity index (χ2n) is 5.44. The van der Waals surface area contributed by atoms with E-state index in [2.05, 4.69) is 43.2 Å². The van der Waals surface area contributed by atoms with Gasteiger partial charge in [0.1, 0.15) is 0 Å². The summed E-state index contributed by atoms with van der Waals surface area (Å²) in [5.74, 6) is 2.04. The molecule has 1 N–H and O–H groups in total. The van der Waals surface area contributed by atoms with Gasteiger partial charge in [-0.3, -0.25) is 0 Å². The molecule has 0 spiro atoms. The zero-order valence-electron chi connectivity index (χ0n) is 12.6. The number of hydrogen-bond donors (Lipinski definition) is 1. The number of aromatic nitrogens is 2. The molecule has 0 amide bonds. The van der Waals surface area contributed by atoms with E-state index in [0.717, 1.165) is 12.1 Å². The number of rotatable bonds is 6. The van der Waals surface area contributed by atoms with Gasteiger partial charge in [-0.1, -0.05) is 56.3 Å². The number of hydrogen-bond acceptors (Lipinski definition) is 4. The van der Waals surface area contributed by atoms with E-state index in [4.69, 9.17) is 4.52 Å². The number of nitrogens with zero attached hydrogens (tertiary/aromatic N) is 2. The first-order valence-electron chi connectivity index (χ1n) is 7.25. The van der Waals surface area contributed by atoms with Crippen LogP contribution in [0.25, 0.3) is 11.4 Å². The molecule has 0 radical (unpaired) electrons. The average molecular weight is 273 g/mol. The molecule has 1 aromatic carbocycles. The fourth-order valence-corrected chi connectivity index (χ4v) is 2.60. The molecule has 1 heterocycles. The van der Waals surface area contributed by atoms with Gasteiger partial charge in [0.2, 0.25) is 11.7 Å². The first kappa shape index (κ1) is 14.7. The van der Waals surface area contributed by atoms with Crippen molar-refractivity contribution < 1.29 is 4.52 Å². The minimum Gasteiger partial charge on any atom is -0.339 e. The van der Waals surface area contributed by atoms with Gasteiger partial charge in [-0.25, -0.2) is 0 Å². The second-order valence-corrected chi connectivity index (χ2v) is 5.44. The summed E-state index contributed by atoms with van der Waals surface area (Å²) in [6, 6.07) is 10.2. The largest absolute Gasteiger partial charge is 0.339 e. The molecular formula is C16H23N3O. The van der Waals surface area contributed by atoms with Crippen molar-refractivity contribution in [1.29, 1.82) is 0 Å². The number of benzene rings is 1. The predicted molar refractivity (Wildman–Crippen MR) is 80.5 cm³/mol. The Bertz CT molecular complexity index is 522. The number of likely N-dealkylation sites (N-methyl/N-ethyl adjacent to an activating group) is 1. The molecular weight excluding hydrogens is 250 g/mol. The molecule has 0 fully saturated rings. The molecule has 0 bridgehead atoms. The Balaban J connectivity index is 2.25. The van der Waals surface area contributed by atoms with Gasteiger partial charge in [-0.2, -0.15) is 4.98 Å². The monoisotopic (exact) mass is 273 g/mol.